The first-order valence-corrected chi connectivity index (χ1v) is 9.15. The molecule has 0 aliphatic carbocycles. The second-order valence-electron chi connectivity index (χ2n) is 6.27. The Kier molecular flexibility index (Phi) is 5.38. The first kappa shape index (κ1) is 18.1. The van der Waals surface area contributed by atoms with Crippen LogP contribution in [0.2, 0.25) is 0 Å². The van der Waals surface area contributed by atoms with Crippen molar-refractivity contribution in [2.24, 2.45) is 0 Å². The van der Waals surface area contributed by atoms with Gasteiger partial charge in [-0.05, 0) is 73.2 Å². The number of amides is 1. The zero-order valence-corrected chi connectivity index (χ0v) is 15.7. The monoisotopic (exact) mass is 369 g/mol. The average molecular weight is 369 g/mol. The molecule has 0 aliphatic heterocycles. The summed E-state index contributed by atoms with van der Waals surface area (Å²) in [6.07, 6.45) is 0. The largest absolute Gasteiger partial charge is 0.489 e. The predicted molar refractivity (Wildman–Crippen MR) is 104 cm³/mol. The topological polar surface area (TPSA) is 38.3 Å². The zero-order valence-electron chi connectivity index (χ0n) is 14.9. The molecule has 3 nitrogen and oxygen atoms in total. The minimum Gasteiger partial charge on any atom is -0.489 e. The van der Waals surface area contributed by atoms with E-state index in [2.05, 4.69) is 12.2 Å². The van der Waals surface area contributed by atoms with E-state index in [9.17, 15) is 9.18 Å². The molecule has 0 spiro atoms. The summed E-state index contributed by atoms with van der Waals surface area (Å²) >= 11 is 1.34. The van der Waals surface area contributed by atoms with Crippen molar-refractivity contribution < 1.29 is 13.9 Å². The number of nitrogens with one attached hydrogen (secondary N) is 1. The molecule has 5 heteroatoms. The van der Waals surface area contributed by atoms with E-state index in [1.807, 2.05) is 30.5 Å². The average Bonchev–Trinajstić information content (AvgIpc) is 3.08. The lowest BCUT2D eigenvalue weighted by molar-refractivity contribution is 0.103. The van der Waals surface area contributed by atoms with Crippen molar-refractivity contribution in [1.82, 2.24) is 0 Å². The second kappa shape index (κ2) is 7.70. The van der Waals surface area contributed by atoms with Gasteiger partial charge >= 0.3 is 0 Å². The van der Waals surface area contributed by atoms with Gasteiger partial charge in [-0.3, -0.25) is 4.79 Å². The summed E-state index contributed by atoms with van der Waals surface area (Å²) < 4.78 is 19.4. The van der Waals surface area contributed by atoms with E-state index in [0.29, 0.717) is 22.7 Å². The number of hydrogen-bond donors (Lipinski definition) is 1. The summed E-state index contributed by atoms with van der Waals surface area (Å²) in [5, 5.41) is 4.61. The molecule has 2 aromatic carbocycles. The van der Waals surface area contributed by atoms with E-state index >= 15 is 0 Å². The van der Waals surface area contributed by atoms with Crippen molar-refractivity contribution in [2.45, 2.75) is 27.4 Å². The highest BCUT2D eigenvalue weighted by atomic mass is 32.1. The SMILES string of the molecule is Cc1ccc(OCc2csc(C(=O)Nc3ccc(C)c(F)c3)c2)cc1C. The molecule has 0 atom stereocenters. The number of carbonyl (C=O) groups is 1. The minimum absolute atomic E-state index is 0.254. The third-order valence-corrected chi connectivity index (χ3v) is 5.17. The molecule has 0 saturated heterocycles. The molecule has 0 radical (unpaired) electrons. The summed E-state index contributed by atoms with van der Waals surface area (Å²) in [4.78, 5) is 12.9. The van der Waals surface area contributed by atoms with Crippen LogP contribution in [0.25, 0.3) is 0 Å². The van der Waals surface area contributed by atoms with Gasteiger partial charge in [-0.25, -0.2) is 4.39 Å². The van der Waals surface area contributed by atoms with Crippen LogP contribution < -0.4 is 10.1 Å². The fourth-order valence-electron chi connectivity index (χ4n) is 2.40. The van der Waals surface area contributed by atoms with Crippen molar-refractivity contribution in [3.8, 4) is 5.75 Å². The van der Waals surface area contributed by atoms with Crippen LogP contribution in [0.1, 0.15) is 31.9 Å². The Morgan fingerprint density at radius 1 is 1.04 bits per heavy atom. The predicted octanol–water partition coefficient (Wildman–Crippen LogP) is 5.64. The Hall–Kier alpha value is -2.66. The van der Waals surface area contributed by atoms with Crippen molar-refractivity contribution in [2.75, 3.05) is 5.32 Å². The van der Waals surface area contributed by atoms with Crippen LogP contribution in [0.3, 0.4) is 0 Å². The molecular weight excluding hydrogens is 349 g/mol. The van der Waals surface area contributed by atoms with Crippen molar-refractivity contribution >= 4 is 22.9 Å². The van der Waals surface area contributed by atoms with E-state index in [1.165, 1.54) is 28.5 Å². The van der Waals surface area contributed by atoms with Crippen molar-refractivity contribution in [3.63, 3.8) is 0 Å². The van der Waals surface area contributed by atoms with Gasteiger partial charge in [0.1, 0.15) is 18.2 Å². The number of benzene rings is 2. The highest BCUT2D eigenvalue weighted by molar-refractivity contribution is 7.12. The molecule has 26 heavy (non-hydrogen) atoms. The van der Waals surface area contributed by atoms with Crippen LogP contribution in [0.4, 0.5) is 10.1 Å². The number of thiophene rings is 1. The van der Waals surface area contributed by atoms with E-state index in [1.54, 1.807) is 25.1 Å². The molecule has 0 bridgehead atoms. The third-order valence-electron chi connectivity index (χ3n) is 4.19. The maximum atomic E-state index is 13.6. The van der Waals surface area contributed by atoms with Gasteiger partial charge in [0.05, 0.1) is 4.88 Å². The normalized spacial score (nSPS) is 10.6. The number of hydrogen-bond acceptors (Lipinski definition) is 3. The van der Waals surface area contributed by atoms with Crippen LogP contribution in [-0.2, 0) is 6.61 Å². The maximum Gasteiger partial charge on any atom is 0.265 e. The van der Waals surface area contributed by atoms with Gasteiger partial charge in [-0.2, -0.15) is 0 Å². The summed E-state index contributed by atoms with van der Waals surface area (Å²) in [5.74, 6) is 0.215. The summed E-state index contributed by atoms with van der Waals surface area (Å²) in [6.45, 7) is 6.18. The molecule has 0 fully saturated rings. The number of halogens is 1. The molecule has 1 heterocycles. The number of rotatable bonds is 5. The maximum absolute atomic E-state index is 13.6. The number of carbonyl (C=O) groups excluding carboxylic acids is 1. The number of ether oxygens (including phenoxy) is 1. The number of aryl methyl sites for hydroxylation is 3. The van der Waals surface area contributed by atoms with Gasteiger partial charge in [0.25, 0.3) is 5.91 Å². The van der Waals surface area contributed by atoms with E-state index in [-0.39, 0.29) is 11.7 Å². The molecule has 1 aromatic heterocycles. The quantitative estimate of drug-likeness (QED) is 0.632. The first-order valence-electron chi connectivity index (χ1n) is 8.27. The van der Waals surface area contributed by atoms with Gasteiger partial charge in [0, 0.05) is 11.3 Å². The Morgan fingerprint density at radius 2 is 1.81 bits per heavy atom. The standard InChI is InChI=1S/C21H20FNO2S/c1-13-5-7-18(8-15(13)3)25-11-16-9-20(26-12-16)21(24)23-17-6-4-14(2)19(22)10-17/h4-10,12H,11H2,1-3H3,(H,23,24). The Bertz CT molecular complexity index is 949. The molecule has 3 rings (SSSR count). The highest BCUT2D eigenvalue weighted by Crippen LogP contribution is 2.21. The Morgan fingerprint density at radius 3 is 2.54 bits per heavy atom. The summed E-state index contributed by atoms with van der Waals surface area (Å²) in [7, 11) is 0. The van der Waals surface area contributed by atoms with Crippen LogP contribution in [0, 0.1) is 26.6 Å². The molecule has 3 aromatic rings. The molecule has 134 valence electrons. The fourth-order valence-corrected chi connectivity index (χ4v) is 3.20. The molecule has 0 unspecified atom stereocenters. The minimum atomic E-state index is -0.337. The second-order valence-corrected chi connectivity index (χ2v) is 7.18. The fraction of sp³-hybridized carbons (Fsp3) is 0.190. The zero-order chi connectivity index (χ0) is 18.7. The van der Waals surface area contributed by atoms with Crippen molar-refractivity contribution in [1.29, 1.82) is 0 Å². The Balaban J connectivity index is 1.62. The lowest BCUT2D eigenvalue weighted by atomic mass is 10.1. The van der Waals surface area contributed by atoms with Crippen LogP contribution in [0.5, 0.6) is 5.75 Å². The van der Waals surface area contributed by atoms with Gasteiger partial charge < -0.3 is 10.1 Å². The highest BCUT2D eigenvalue weighted by Gasteiger charge is 2.11. The molecule has 1 amide bonds. The molecule has 1 N–H and O–H groups in total. The smallest absolute Gasteiger partial charge is 0.265 e. The number of anilines is 1. The van der Waals surface area contributed by atoms with Gasteiger partial charge in [0.15, 0.2) is 0 Å². The van der Waals surface area contributed by atoms with E-state index in [4.69, 9.17) is 4.74 Å². The van der Waals surface area contributed by atoms with E-state index < -0.39 is 0 Å². The molecule has 0 aliphatic rings. The third kappa shape index (κ3) is 4.29. The van der Waals surface area contributed by atoms with Crippen LogP contribution in [-0.4, -0.2) is 5.91 Å². The lowest BCUT2D eigenvalue weighted by Gasteiger charge is -2.07. The van der Waals surface area contributed by atoms with E-state index in [0.717, 1.165) is 11.3 Å². The lowest BCUT2D eigenvalue weighted by Crippen LogP contribution is -2.10. The van der Waals surface area contributed by atoms with Gasteiger partial charge in [-0.1, -0.05) is 12.1 Å². The Labute approximate surface area is 156 Å². The van der Waals surface area contributed by atoms with Gasteiger partial charge in [-0.15, -0.1) is 11.3 Å². The summed E-state index contributed by atoms with van der Waals surface area (Å²) in [6, 6.07) is 12.4. The molecular formula is C21H20FNO2S. The summed E-state index contributed by atoms with van der Waals surface area (Å²) in [5.41, 5.74) is 4.32. The molecule has 0 saturated carbocycles. The van der Waals surface area contributed by atoms with Crippen molar-refractivity contribution in [3.05, 3.63) is 80.8 Å². The van der Waals surface area contributed by atoms with Gasteiger partial charge in [0.2, 0.25) is 0 Å². The first-order chi connectivity index (χ1) is 12.4. The van der Waals surface area contributed by atoms with Crippen LogP contribution >= 0.6 is 11.3 Å². The van der Waals surface area contributed by atoms with Crippen LogP contribution in [0.15, 0.2) is 47.8 Å².